The van der Waals surface area contributed by atoms with Crippen molar-refractivity contribution in [3.63, 3.8) is 0 Å². The summed E-state index contributed by atoms with van der Waals surface area (Å²) in [4.78, 5) is 26.2. The first-order valence-corrected chi connectivity index (χ1v) is 8.41. The average molecular weight is 336 g/mol. The Morgan fingerprint density at radius 2 is 1.88 bits per heavy atom. The molecular formula is C17H24N2O5. The second-order valence-corrected chi connectivity index (χ2v) is 6.34. The van der Waals surface area contributed by atoms with E-state index in [0.29, 0.717) is 49.3 Å². The first-order valence-electron chi connectivity index (χ1n) is 8.41. The Morgan fingerprint density at radius 1 is 1.21 bits per heavy atom. The second kappa shape index (κ2) is 7.36. The molecule has 2 aliphatic heterocycles. The highest BCUT2D eigenvalue weighted by atomic mass is 16.7. The van der Waals surface area contributed by atoms with Crippen molar-refractivity contribution in [1.29, 1.82) is 0 Å². The van der Waals surface area contributed by atoms with E-state index in [-0.39, 0.29) is 24.6 Å². The Morgan fingerprint density at radius 3 is 2.46 bits per heavy atom. The molecule has 0 atom stereocenters. The van der Waals surface area contributed by atoms with Gasteiger partial charge in [-0.1, -0.05) is 0 Å². The van der Waals surface area contributed by atoms with Gasteiger partial charge in [-0.3, -0.25) is 9.59 Å². The van der Waals surface area contributed by atoms with E-state index in [9.17, 15) is 9.59 Å². The zero-order chi connectivity index (χ0) is 17.1. The first kappa shape index (κ1) is 17.0. The minimum absolute atomic E-state index is 0.00357. The predicted molar refractivity (Wildman–Crippen MR) is 85.5 cm³/mol. The van der Waals surface area contributed by atoms with Gasteiger partial charge < -0.3 is 24.1 Å². The van der Waals surface area contributed by atoms with Gasteiger partial charge in [0.25, 0.3) is 5.91 Å². The van der Waals surface area contributed by atoms with E-state index in [4.69, 9.17) is 13.9 Å². The molecule has 0 saturated carbocycles. The van der Waals surface area contributed by atoms with Crippen molar-refractivity contribution in [2.24, 2.45) is 5.92 Å². The lowest BCUT2D eigenvalue weighted by Gasteiger charge is -2.33. The molecule has 0 spiro atoms. The largest absolute Gasteiger partial charge is 0.466 e. The van der Waals surface area contributed by atoms with Crippen LogP contribution in [0.3, 0.4) is 0 Å². The van der Waals surface area contributed by atoms with Crippen LogP contribution in [0.2, 0.25) is 0 Å². The van der Waals surface area contributed by atoms with E-state index in [0.717, 1.165) is 12.8 Å². The molecular weight excluding hydrogens is 312 g/mol. The quantitative estimate of drug-likeness (QED) is 0.895. The summed E-state index contributed by atoms with van der Waals surface area (Å²) in [6, 6.07) is 1.68. The number of aryl methyl sites for hydroxylation is 2. The smallest absolute Gasteiger partial charge is 0.255 e. The van der Waals surface area contributed by atoms with Gasteiger partial charge in [-0.25, -0.2) is 0 Å². The molecule has 2 fully saturated rings. The molecule has 3 rings (SSSR count). The number of hydrogen-bond donors (Lipinski definition) is 1. The summed E-state index contributed by atoms with van der Waals surface area (Å²) in [7, 11) is 0. The summed E-state index contributed by atoms with van der Waals surface area (Å²) in [5.74, 6) is 1.26. The van der Waals surface area contributed by atoms with Gasteiger partial charge in [0.05, 0.1) is 25.3 Å². The molecule has 2 amide bonds. The third kappa shape index (κ3) is 3.79. The van der Waals surface area contributed by atoms with Gasteiger partial charge in [-0.05, 0) is 32.8 Å². The second-order valence-electron chi connectivity index (χ2n) is 6.34. The maximum absolute atomic E-state index is 12.3. The Bertz CT molecular complexity index is 598. The van der Waals surface area contributed by atoms with Crippen LogP contribution in [0.4, 0.5) is 0 Å². The van der Waals surface area contributed by atoms with Crippen LogP contribution in [0, 0.1) is 19.8 Å². The third-order valence-corrected chi connectivity index (χ3v) is 4.61. The lowest BCUT2D eigenvalue weighted by atomic mass is 9.96. The van der Waals surface area contributed by atoms with Crippen molar-refractivity contribution in [2.75, 3.05) is 32.8 Å². The van der Waals surface area contributed by atoms with Crippen LogP contribution in [0.5, 0.6) is 0 Å². The highest BCUT2D eigenvalue weighted by molar-refractivity contribution is 5.97. The minimum atomic E-state index is -0.277. The van der Waals surface area contributed by atoms with E-state index < -0.39 is 0 Å². The number of carbonyl (C=O) groups is 2. The molecule has 0 bridgehead atoms. The van der Waals surface area contributed by atoms with Gasteiger partial charge >= 0.3 is 0 Å². The van der Waals surface area contributed by atoms with Crippen LogP contribution in [0.25, 0.3) is 0 Å². The van der Waals surface area contributed by atoms with Crippen molar-refractivity contribution >= 4 is 11.8 Å². The van der Waals surface area contributed by atoms with Crippen molar-refractivity contribution in [3.8, 4) is 0 Å². The Hall–Kier alpha value is -1.86. The number of hydrogen-bond acceptors (Lipinski definition) is 5. The van der Waals surface area contributed by atoms with E-state index >= 15 is 0 Å². The van der Waals surface area contributed by atoms with Crippen molar-refractivity contribution < 1.29 is 23.5 Å². The lowest BCUT2D eigenvalue weighted by molar-refractivity contribution is -0.135. The van der Waals surface area contributed by atoms with E-state index in [2.05, 4.69) is 5.32 Å². The van der Waals surface area contributed by atoms with Crippen LogP contribution in [0.1, 0.15) is 34.7 Å². The fourth-order valence-electron chi connectivity index (χ4n) is 3.29. The van der Waals surface area contributed by atoms with Gasteiger partial charge in [0.15, 0.2) is 6.29 Å². The summed E-state index contributed by atoms with van der Waals surface area (Å²) < 4.78 is 16.4. The number of ether oxygens (including phenoxy) is 2. The molecule has 2 saturated heterocycles. The standard InChI is InChI=1S/C17H24N2O5/c1-11-9-14(12(2)24-11)16(21)18-10-15(20)19-5-3-13(4-6-19)17-22-7-8-23-17/h9,13,17H,3-8,10H2,1-2H3,(H,18,21). The number of furan rings is 1. The third-order valence-electron chi connectivity index (χ3n) is 4.61. The zero-order valence-corrected chi connectivity index (χ0v) is 14.2. The highest BCUT2D eigenvalue weighted by Crippen LogP contribution is 2.25. The monoisotopic (exact) mass is 336 g/mol. The number of nitrogens with zero attached hydrogens (tertiary/aromatic N) is 1. The fourth-order valence-corrected chi connectivity index (χ4v) is 3.29. The molecule has 0 aliphatic carbocycles. The minimum Gasteiger partial charge on any atom is -0.466 e. The average Bonchev–Trinajstić information content (AvgIpc) is 3.22. The summed E-state index contributed by atoms with van der Waals surface area (Å²) in [6.07, 6.45) is 1.61. The predicted octanol–water partition coefficient (Wildman–Crippen LogP) is 1.24. The van der Waals surface area contributed by atoms with E-state index in [1.54, 1.807) is 24.8 Å². The molecule has 1 aromatic rings. The number of rotatable bonds is 4. The normalized spacial score (nSPS) is 19.7. The molecule has 24 heavy (non-hydrogen) atoms. The number of likely N-dealkylation sites (tertiary alicyclic amines) is 1. The molecule has 0 aromatic carbocycles. The molecule has 2 aliphatic rings. The van der Waals surface area contributed by atoms with Crippen LogP contribution < -0.4 is 5.32 Å². The topological polar surface area (TPSA) is 81.0 Å². The van der Waals surface area contributed by atoms with E-state index in [1.165, 1.54) is 0 Å². The van der Waals surface area contributed by atoms with Crippen LogP contribution in [-0.2, 0) is 14.3 Å². The van der Waals surface area contributed by atoms with Crippen LogP contribution in [0.15, 0.2) is 10.5 Å². The maximum atomic E-state index is 12.3. The molecule has 0 unspecified atom stereocenters. The van der Waals surface area contributed by atoms with Gasteiger partial charge in [-0.15, -0.1) is 0 Å². The Balaban J connectivity index is 1.44. The summed E-state index contributed by atoms with van der Waals surface area (Å²) in [5.41, 5.74) is 0.481. The number of nitrogens with one attached hydrogen (secondary N) is 1. The van der Waals surface area contributed by atoms with Crippen molar-refractivity contribution in [3.05, 3.63) is 23.2 Å². The van der Waals surface area contributed by atoms with E-state index in [1.807, 2.05) is 0 Å². The molecule has 1 N–H and O–H groups in total. The number of amides is 2. The molecule has 0 radical (unpaired) electrons. The molecule has 132 valence electrons. The summed E-state index contributed by atoms with van der Waals surface area (Å²) in [6.45, 7) is 6.19. The van der Waals surface area contributed by atoms with Crippen LogP contribution >= 0.6 is 0 Å². The summed E-state index contributed by atoms with van der Waals surface area (Å²) in [5, 5.41) is 2.68. The lowest BCUT2D eigenvalue weighted by Crippen LogP contribution is -2.45. The van der Waals surface area contributed by atoms with Crippen molar-refractivity contribution in [1.82, 2.24) is 10.2 Å². The molecule has 7 nitrogen and oxygen atoms in total. The van der Waals surface area contributed by atoms with Crippen molar-refractivity contribution in [2.45, 2.75) is 33.0 Å². The first-order chi connectivity index (χ1) is 11.5. The van der Waals surface area contributed by atoms with Gasteiger partial charge in [0, 0.05) is 19.0 Å². The Kier molecular flexibility index (Phi) is 5.20. The number of piperidine rings is 1. The number of carbonyl (C=O) groups excluding carboxylic acids is 2. The van der Waals surface area contributed by atoms with Gasteiger partial charge in [0.1, 0.15) is 11.5 Å². The fraction of sp³-hybridized carbons (Fsp3) is 0.647. The Labute approximate surface area is 141 Å². The van der Waals surface area contributed by atoms with Gasteiger partial charge in [-0.2, -0.15) is 0 Å². The zero-order valence-electron chi connectivity index (χ0n) is 14.2. The molecule has 7 heteroatoms. The molecule has 3 heterocycles. The maximum Gasteiger partial charge on any atom is 0.255 e. The van der Waals surface area contributed by atoms with Crippen LogP contribution in [-0.4, -0.2) is 55.9 Å². The summed E-state index contributed by atoms with van der Waals surface area (Å²) >= 11 is 0. The highest BCUT2D eigenvalue weighted by Gasteiger charge is 2.31. The SMILES string of the molecule is Cc1cc(C(=O)NCC(=O)N2CCC(C3OCCO3)CC2)c(C)o1. The van der Waals surface area contributed by atoms with Gasteiger partial charge in [0.2, 0.25) is 5.91 Å². The molecule has 1 aromatic heterocycles.